The molecule has 0 heterocycles. The molecule has 1 aromatic rings. The number of carbonyl (C=O) groups excluding carboxylic acids is 1. The Bertz CT molecular complexity index is 455. The molecule has 6 heteroatoms. The van der Waals surface area contributed by atoms with Crippen molar-refractivity contribution in [2.24, 2.45) is 0 Å². The SMILES string of the molecule is CCCOc1cc(F)ccc1NC(=O)NCC(O)CCC. The predicted octanol–water partition coefficient (Wildman–Crippen LogP) is 2.90. The van der Waals surface area contributed by atoms with E-state index in [9.17, 15) is 14.3 Å². The number of carbonyl (C=O) groups is 1. The molecule has 0 bridgehead atoms. The lowest BCUT2D eigenvalue weighted by Gasteiger charge is -2.14. The Labute approximate surface area is 124 Å². The molecule has 5 nitrogen and oxygen atoms in total. The van der Waals surface area contributed by atoms with Crippen LogP contribution in [0.5, 0.6) is 5.75 Å². The molecule has 0 spiro atoms. The van der Waals surface area contributed by atoms with Gasteiger partial charge in [-0.15, -0.1) is 0 Å². The smallest absolute Gasteiger partial charge is 0.319 e. The number of hydrogen-bond donors (Lipinski definition) is 3. The van der Waals surface area contributed by atoms with Crippen molar-refractivity contribution in [3.8, 4) is 5.75 Å². The van der Waals surface area contributed by atoms with Gasteiger partial charge in [0.15, 0.2) is 0 Å². The average Bonchev–Trinajstić information content (AvgIpc) is 2.45. The molecular formula is C15H23FN2O3. The number of hydrogen-bond acceptors (Lipinski definition) is 3. The lowest BCUT2D eigenvalue weighted by molar-refractivity contribution is 0.162. The molecule has 0 aromatic heterocycles. The molecule has 0 aliphatic rings. The zero-order valence-corrected chi connectivity index (χ0v) is 12.5. The van der Waals surface area contributed by atoms with E-state index in [2.05, 4.69) is 10.6 Å². The standard InChI is InChI=1S/C15H23FN2O3/c1-3-5-12(19)10-17-15(20)18-13-7-6-11(16)9-14(13)21-8-4-2/h6-7,9,12,19H,3-5,8,10H2,1-2H3,(H2,17,18,20). The highest BCUT2D eigenvalue weighted by molar-refractivity contribution is 5.90. The van der Waals surface area contributed by atoms with E-state index in [1.807, 2.05) is 13.8 Å². The van der Waals surface area contributed by atoms with Gasteiger partial charge in [-0.3, -0.25) is 0 Å². The summed E-state index contributed by atoms with van der Waals surface area (Å²) in [6.45, 7) is 4.51. The number of amides is 2. The Balaban J connectivity index is 2.58. The molecule has 0 saturated heterocycles. The molecule has 3 N–H and O–H groups in total. The lowest BCUT2D eigenvalue weighted by atomic mass is 10.2. The molecule has 0 fully saturated rings. The first-order chi connectivity index (χ1) is 10.1. The van der Waals surface area contributed by atoms with Crippen LogP contribution in [0.3, 0.4) is 0 Å². The summed E-state index contributed by atoms with van der Waals surface area (Å²) < 4.78 is 18.6. The number of urea groups is 1. The quantitative estimate of drug-likeness (QED) is 0.691. The second-order valence-corrected chi connectivity index (χ2v) is 4.77. The van der Waals surface area contributed by atoms with Crippen molar-refractivity contribution in [1.82, 2.24) is 5.32 Å². The van der Waals surface area contributed by atoms with Crippen LogP contribution >= 0.6 is 0 Å². The minimum absolute atomic E-state index is 0.173. The predicted molar refractivity (Wildman–Crippen MR) is 80.1 cm³/mol. The van der Waals surface area contributed by atoms with E-state index in [0.717, 1.165) is 12.8 Å². The monoisotopic (exact) mass is 298 g/mol. The fourth-order valence-corrected chi connectivity index (χ4v) is 1.74. The first-order valence-electron chi connectivity index (χ1n) is 7.22. The third-order valence-electron chi connectivity index (χ3n) is 2.77. The molecular weight excluding hydrogens is 275 g/mol. The van der Waals surface area contributed by atoms with E-state index in [4.69, 9.17) is 4.74 Å². The van der Waals surface area contributed by atoms with Crippen molar-refractivity contribution in [2.75, 3.05) is 18.5 Å². The van der Waals surface area contributed by atoms with Gasteiger partial charge in [0.05, 0.1) is 18.4 Å². The van der Waals surface area contributed by atoms with Crippen LogP contribution in [0.25, 0.3) is 0 Å². The van der Waals surface area contributed by atoms with Gasteiger partial charge in [-0.1, -0.05) is 20.3 Å². The molecule has 1 aromatic carbocycles. The second kappa shape index (κ2) is 9.18. The van der Waals surface area contributed by atoms with Crippen LogP contribution in [0.15, 0.2) is 18.2 Å². The van der Waals surface area contributed by atoms with E-state index in [-0.39, 0.29) is 6.54 Å². The molecule has 118 valence electrons. The van der Waals surface area contributed by atoms with E-state index in [0.29, 0.717) is 24.5 Å². The largest absolute Gasteiger partial charge is 0.491 e. The molecule has 1 unspecified atom stereocenters. The van der Waals surface area contributed by atoms with Gasteiger partial charge in [-0.2, -0.15) is 0 Å². The fourth-order valence-electron chi connectivity index (χ4n) is 1.74. The van der Waals surface area contributed by atoms with Crippen LogP contribution in [0.2, 0.25) is 0 Å². The van der Waals surface area contributed by atoms with Crippen LogP contribution in [0.1, 0.15) is 33.1 Å². The molecule has 0 radical (unpaired) electrons. The minimum atomic E-state index is -0.565. The van der Waals surface area contributed by atoms with Crippen LogP contribution in [-0.2, 0) is 0 Å². The second-order valence-electron chi connectivity index (χ2n) is 4.77. The van der Waals surface area contributed by atoms with Crippen molar-refractivity contribution in [3.05, 3.63) is 24.0 Å². The lowest BCUT2D eigenvalue weighted by Crippen LogP contribution is -2.35. The van der Waals surface area contributed by atoms with E-state index in [1.165, 1.54) is 18.2 Å². The molecule has 21 heavy (non-hydrogen) atoms. The Morgan fingerprint density at radius 2 is 2.14 bits per heavy atom. The summed E-state index contributed by atoms with van der Waals surface area (Å²) in [5.41, 5.74) is 0.396. The number of anilines is 1. The summed E-state index contributed by atoms with van der Waals surface area (Å²) >= 11 is 0. The van der Waals surface area contributed by atoms with Crippen LogP contribution < -0.4 is 15.4 Å². The summed E-state index contributed by atoms with van der Waals surface area (Å²) in [6.07, 6.45) is 1.69. The Hall–Kier alpha value is -1.82. The van der Waals surface area contributed by atoms with Gasteiger partial charge in [0, 0.05) is 12.6 Å². The van der Waals surface area contributed by atoms with Gasteiger partial charge in [0.1, 0.15) is 11.6 Å². The van der Waals surface area contributed by atoms with Crippen molar-refractivity contribution in [3.63, 3.8) is 0 Å². The fraction of sp³-hybridized carbons (Fsp3) is 0.533. The van der Waals surface area contributed by atoms with Gasteiger partial charge in [0.2, 0.25) is 0 Å². The number of ether oxygens (including phenoxy) is 1. The number of benzene rings is 1. The van der Waals surface area contributed by atoms with Crippen LogP contribution in [0, 0.1) is 5.82 Å². The molecule has 2 amide bonds. The topological polar surface area (TPSA) is 70.6 Å². The number of halogens is 1. The summed E-state index contributed by atoms with van der Waals surface area (Å²) in [5, 5.41) is 14.7. The summed E-state index contributed by atoms with van der Waals surface area (Å²) in [7, 11) is 0. The maximum absolute atomic E-state index is 13.2. The molecule has 0 aliphatic carbocycles. The van der Waals surface area contributed by atoms with Crippen molar-refractivity contribution in [1.29, 1.82) is 0 Å². The van der Waals surface area contributed by atoms with Crippen LogP contribution in [-0.4, -0.2) is 30.4 Å². The van der Waals surface area contributed by atoms with Gasteiger partial charge >= 0.3 is 6.03 Å². The normalized spacial score (nSPS) is 11.8. The van der Waals surface area contributed by atoms with E-state index in [1.54, 1.807) is 0 Å². The van der Waals surface area contributed by atoms with Gasteiger partial charge in [-0.05, 0) is 25.0 Å². The molecule has 0 saturated carbocycles. The van der Waals surface area contributed by atoms with Gasteiger partial charge in [0.25, 0.3) is 0 Å². The number of nitrogens with one attached hydrogen (secondary N) is 2. The third-order valence-corrected chi connectivity index (χ3v) is 2.77. The summed E-state index contributed by atoms with van der Waals surface area (Å²) in [5.74, 6) is -0.133. The van der Waals surface area contributed by atoms with Gasteiger partial charge < -0.3 is 20.5 Å². The minimum Gasteiger partial charge on any atom is -0.491 e. The molecule has 0 aliphatic heterocycles. The first kappa shape index (κ1) is 17.2. The van der Waals surface area contributed by atoms with Crippen LogP contribution in [0.4, 0.5) is 14.9 Å². The highest BCUT2D eigenvalue weighted by atomic mass is 19.1. The average molecular weight is 298 g/mol. The third kappa shape index (κ3) is 6.44. The summed E-state index contributed by atoms with van der Waals surface area (Å²) in [4.78, 5) is 11.7. The van der Waals surface area contributed by atoms with Crippen molar-refractivity contribution < 1.29 is 19.0 Å². The first-order valence-corrected chi connectivity index (χ1v) is 7.22. The Kier molecular flexibility index (Phi) is 7.53. The highest BCUT2D eigenvalue weighted by Gasteiger charge is 2.10. The van der Waals surface area contributed by atoms with Crippen molar-refractivity contribution >= 4 is 11.7 Å². The molecule has 1 rings (SSSR count). The molecule has 1 atom stereocenters. The van der Waals surface area contributed by atoms with Gasteiger partial charge in [-0.25, -0.2) is 9.18 Å². The maximum Gasteiger partial charge on any atom is 0.319 e. The number of rotatable bonds is 8. The maximum atomic E-state index is 13.2. The number of aliphatic hydroxyl groups is 1. The van der Waals surface area contributed by atoms with E-state index >= 15 is 0 Å². The Morgan fingerprint density at radius 1 is 1.38 bits per heavy atom. The highest BCUT2D eigenvalue weighted by Crippen LogP contribution is 2.25. The van der Waals surface area contributed by atoms with E-state index < -0.39 is 18.0 Å². The zero-order chi connectivity index (χ0) is 15.7. The Morgan fingerprint density at radius 3 is 2.81 bits per heavy atom. The zero-order valence-electron chi connectivity index (χ0n) is 12.5. The summed E-state index contributed by atoms with van der Waals surface area (Å²) in [6, 6.07) is 3.47. The number of aliphatic hydroxyl groups excluding tert-OH is 1. The van der Waals surface area contributed by atoms with Crippen molar-refractivity contribution in [2.45, 2.75) is 39.2 Å².